The SMILES string of the molecule is CCNS(=O)(=O)c1ccc(C)c(C(=O)N2CC(CN)CC2C)c1.Cl. The quantitative estimate of drug-likeness (QED) is 0.816. The number of likely N-dealkylation sites (tertiary alicyclic amines) is 1. The number of carbonyl (C=O) groups is 1. The Labute approximate surface area is 150 Å². The molecular weight excluding hydrogens is 350 g/mol. The predicted octanol–water partition coefficient (Wildman–Crippen LogP) is 1.52. The number of amides is 1. The summed E-state index contributed by atoms with van der Waals surface area (Å²) in [6.07, 6.45) is 0.886. The summed E-state index contributed by atoms with van der Waals surface area (Å²) in [4.78, 5) is 14.8. The second kappa shape index (κ2) is 8.29. The fourth-order valence-electron chi connectivity index (χ4n) is 3.02. The van der Waals surface area contributed by atoms with Gasteiger partial charge in [0.05, 0.1) is 4.90 Å². The molecule has 0 spiro atoms. The van der Waals surface area contributed by atoms with E-state index in [9.17, 15) is 13.2 Å². The molecule has 1 fully saturated rings. The zero-order chi connectivity index (χ0) is 17.2. The molecule has 1 aromatic rings. The van der Waals surface area contributed by atoms with E-state index in [-0.39, 0.29) is 29.3 Å². The molecule has 1 heterocycles. The van der Waals surface area contributed by atoms with E-state index in [1.807, 2.05) is 13.8 Å². The summed E-state index contributed by atoms with van der Waals surface area (Å²) in [5, 5.41) is 0. The minimum absolute atomic E-state index is 0. The lowest BCUT2D eigenvalue weighted by molar-refractivity contribution is 0.0742. The van der Waals surface area contributed by atoms with Gasteiger partial charge in [0, 0.05) is 24.7 Å². The van der Waals surface area contributed by atoms with Gasteiger partial charge in [-0.3, -0.25) is 4.79 Å². The Morgan fingerprint density at radius 1 is 1.42 bits per heavy atom. The van der Waals surface area contributed by atoms with Crippen LogP contribution >= 0.6 is 12.4 Å². The molecule has 1 aliphatic rings. The Morgan fingerprint density at radius 2 is 2.08 bits per heavy atom. The van der Waals surface area contributed by atoms with E-state index in [1.54, 1.807) is 17.9 Å². The summed E-state index contributed by atoms with van der Waals surface area (Å²) in [5.41, 5.74) is 6.93. The summed E-state index contributed by atoms with van der Waals surface area (Å²) in [6.45, 7) is 7.03. The highest BCUT2D eigenvalue weighted by atomic mass is 35.5. The van der Waals surface area contributed by atoms with Crippen molar-refractivity contribution in [3.05, 3.63) is 29.3 Å². The van der Waals surface area contributed by atoms with Crippen LogP contribution in [0, 0.1) is 12.8 Å². The summed E-state index contributed by atoms with van der Waals surface area (Å²) in [6, 6.07) is 4.79. The molecule has 2 rings (SSSR count). The fourth-order valence-corrected chi connectivity index (χ4v) is 4.09. The van der Waals surface area contributed by atoms with Crippen molar-refractivity contribution in [1.29, 1.82) is 0 Å². The van der Waals surface area contributed by atoms with Crippen LogP contribution in [0.5, 0.6) is 0 Å². The number of aryl methyl sites for hydroxylation is 1. The second-order valence-corrected chi connectivity index (χ2v) is 7.89. The largest absolute Gasteiger partial charge is 0.336 e. The van der Waals surface area contributed by atoms with Crippen molar-refractivity contribution >= 4 is 28.3 Å². The summed E-state index contributed by atoms with van der Waals surface area (Å²) in [7, 11) is -3.58. The first-order valence-electron chi connectivity index (χ1n) is 7.91. The Balaban J connectivity index is 0.00000288. The number of sulfonamides is 1. The molecule has 1 aromatic carbocycles. The van der Waals surface area contributed by atoms with Crippen molar-refractivity contribution in [2.45, 2.75) is 38.1 Å². The number of hydrogen-bond acceptors (Lipinski definition) is 4. The van der Waals surface area contributed by atoms with Gasteiger partial charge in [-0.25, -0.2) is 13.1 Å². The van der Waals surface area contributed by atoms with Crippen LogP contribution in [0.1, 0.15) is 36.2 Å². The molecule has 8 heteroatoms. The number of benzene rings is 1. The van der Waals surface area contributed by atoms with E-state index in [4.69, 9.17) is 5.73 Å². The van der Waals surface area contributed by atoms with Crippen LogP contribution < -0.4 is 10.5 Å². The lowest BCUT2D eigenvalue weighted by Crippen LogP contribution is -2.35. The van der Waals surface area contributed by atoms with Gasteiger partial charge in [0.25, 0.3) is 5.91 Å². The van der Waals surface area contributed by atoms with E-state index >= 15 is 0 Å². The highest BCUT2D eigenvalue weighted by molar-refractivity contribution is 7.89. The summed E-state index contributed by atoms with van der Waals surface area (Å²) in [5.74, 6) is 0.183. The molecule has 0 radical (unpaired) electrons. The lowest BCUT2D eigenvalue weighted by atomic mass is 10.1. The van der Waals surface area contributed by atoms with Crippen molar-refractivity contribution in [1.82, 2.24) is 9.62 Å². The van der Waals surface area contributed by atoms with Gasteiger partial charge >= 0.3 is 0 Å². The van der Waals surface area contributed by atoms with Crippen LogP contribution in [-0.2, 0) is 10.0 Å². The zero-order valence-electron chi connectivity index (χ0n) is 14.3. The Morgan fingerprint density at radius 3 is 2.62 bits per heavy atom. The number of hydrogen-bond donors (Lipinski definition) is 2. The van der Waals surface area contributed by atoms with Crippen molar-refractivity contribution < 1.29 is 13.2 Å². The van der Waals surface area contributed by atoms with Crippen molar-refractivity contribution in [3.8, 4) is 0 Å². The average Bonchev–Trinajstić information content (AvgIpc) is 2.88. The number of halogens is 1. The first-order chi connectivity index (χ1) is 10.8. The van der Waals surface area contributed by atoms with Crippen LogP contribution in [0.2, 0.25) is 0 Å². The first-order valence-corrected chi connectivity index (χ1v) is 9.39. The minimum atomic E-state index is -3.58. The van der Waals surface area contributed by atoms with Crippen LogP contribution in [0.3, 0.4) is 0 Å². The number of rotatable bonds is 5. The third kappa shape index (κ3) is 4.27. The molecule has 2 atom stereocenters. The van der Waals surface area contributed by atoms with E-state index in [0.717, 1.165) is 12.0 Å². The molecule has 0 aromatic heterocycles. The smallest absolute Gasteiger partial charge is 0.254 e. The van der Waals surface area contributed by atoms with E-state index in [1.165, 1.54) is 12.1 Å². The third-order valence-electron chi connectivity index (χ3n) is 4.34. The summed E-state index contributed by atoms with van der Waals surface area (Å²) < 4.78 is 26.7. The number of nitrogens with two attached hydrogens (primary N) is 1. The first kappa shape index (κ1) is 20.9. The van der Waals surface area contributed by atoms with Crippen LogP contribution in [-0.4, -0.2) is 44.9 Å². The number of nitrogens with zero attached hydrogens (tertiary/aromatic N) is 1. The minimum Gasteiger partial charge on any atom is -0.336 e. The van der Waals surface area contributed by atoms with E-state index in [2.05, 4.69) is 4.72 Å². The van der Waals surface area contributed by atoms with Gasteiger partial charge in [0.1, 0.15) is 0 Å². The van der Waals surface area contributed by atoms with Crippen LogP contribution in [0.4, 0.5) is 0 Å². The van der Waals surface area contributed by atoms with Crippen LogP contribution in [0.15, 0.2) is 23.1 Å². The molecule has 3 N–H and O–H groups in total. The molecule has 0 aliphatic carbocycles. The van der Waals surface area contributed by atoms with Crippen LogP contribution in [0.25, 0.3) is 0 Å². The fraction of sp³-hybridized carbons (Fsp3) is 0.562. The predicted molar refractivity (Wildman–Crippen MR) is 96.9 cm³/mol. The topological polar surface area (TPSA) is 92.5 Å². The molecule has 0 bridgehead atoms. The van der Waals surface area contributed by atoms with Crippen molar-refractivity contribution in [2.24, 2.45) is 11.7 Å². The molecule has 1 aliphatic heterocycles. The molecule has 2 unspecified atom stereocenters. The maximum absolute atomic E-state index is 12.8. The average molecular weight is 376 g/mol. The normalized spacial score (nSPS) is 20.8. The van der Waals surface area contributed by atoms with Gasteiger partial charge in [-0.1, -0.05) is 13.0 Å². The highest BCUT2D eigenvalue weighted by Gasteiger charge is 2.33. The standard InChI is InChI=1S/C16H25N3O3S.ClH/c1-4-18-23(21,22)14-6-5-11(2)15(8-14)16(20)19-10-13(9-17)7-12(19)3;/h5-6,8,12-13,18H,4,7,9-10,17H2,1-3H3;1H. The van der Waals surface area contributed by atoms with E-state index < -0.39 is 10.0 Å². The Hall–Kier alpha value is -1.15. The van der Waals surface area contributed by atoms with Gasteiger partial charge in [-0.2, -0.15) is 0 Å². The molecule has 24 heavy (non-hydrogen) atoms. The Kier molecular flexibility index (Phi) is 7.22. The molecule has 1 saturated heterocycles. The maximum atomic E-state index is 12.8. The van der Waals surface area contributed by atoms with Gasteiger partial charge in [-0.05, 0) is 50.4 Å². The van der Waals surface area contributed by atoms with E-state index in [0.29, 0.717) is 31.1 Å². The highest BCUT2D eigenvalue weighted by Crippen LogP contribution is 2.26. The van der Waals surface area contributed by atoms with Gasteiger partial charge < -0.3 is 10.6 Å². The molecule has 0 saturated carbocycles. The molecular formula is C16H26ClN3O3S. The Bertz CT molecular complexity index is 694. The third-order valence-corrected chi connectivity index (χ3v) is 5.88. The second-order valence-electron chi connectivity index (χ2n) is 6.12. The zero-order valence-corrected chi connectivity index (χ0v) is 15.9. The monoisotopic (exact) mass is 375 g/mol. The van der Waals surface area contributed by atoms with Crippen molar-refractivity contribution in [2.75, 3.05) is 19.6 Å². The summed E-state index contributed by atoms with van der Waals surface area (Å²) >= 11 is 0. The molecule has 136 valence electrons. The molecule has 1 amide bonds. The van der Waals surface area contributed by atoms with Crippen molar-refractivity contribution in [3.63, 3.8) is 0 Å². The number of nitrogens with one attached hydrogen (secondary N) is 1. The van der Waals surface area contributed by atoms with Gasteiger partial charge in [-0.15, -0.1) is 12.4 Å². The van der Waals surface area contributed by atoms with Gasteiger partial charge in [0.15, 0.2) is 0 Å². The lowest BCUT2D eigenvalue weighted by Gasteiger charge is -2.23. The maximum Gasteiger partial charge on any atom is 0.254 e. The number of carbonyl (C=O) groups excluding carboxylic acids is 1. The molecule has 6 nitrogen and oxygen atoms in total. The van der Waals surface area contributed by atoms with Gasteiger partial charge in [0.2, 0.25) is 10.0 Å².